The molecule has 1 rings (SSSR count). The van der Waals surface area contributed by atoms with Gasteiger partial charge in [-0.2, -0.15) is 0 Å². The van der Waals surface area contributed by atoms with Gasteiger partial charge in [0, 0.05) is 17.8 Å². The topological polar surface area (TPSA) is 29.1 Å². The van der Waals surface area contributed by atoms with Gasteiger partial charge in [-0.25, -0.2) is 0 Å². The molecule has 2 nitrogen and oxygen atoms in total. The Balaban J connectivity index is 2.22. The molecule has 0 heterocycles. The van der Waals surface area contributed by atoms with Gasteiger partial charge in [0.2, 0.25) is 5.91 Å². The fourth-order valence-electron chi connectivity index (χ4n) is 1.48. The predicted molar refractivity (Wildman–Crippen MR) is 48.8 cm³/mol. The van der Waals surface area contributed by atoms with E-state index in [4.69, 9.17) is 0 Å². The molecule has 0 aromatic rings. The maximum absolute atomic E-state index is 10.7. The highest BCUT2D eigenvalue weighted by molar-refractivity contribution is 9.09. The molecule has 1 aliphatic carbocycles. The molecule has 1 N–H and O–H groups in total. The van der Waals surface area contributed by atoms with Crippen LogP contribution in [0.4, 0.5) is 0 Å². The Bertz CT molecular complexity index is 141. The first-order valence-corrected chi connectivity index (χ1v) is 5.01. The molecule has 0 atom stereocenters. The molecule has 3 heteroatoms. The molecule has 0 aromatic carbocycles. The Kier molecular flexibility index (Phi) is 3.37. The molecule has 0 radical (unpaired) electrons. The highest BCUT2D eigenvalue weighted by Crippen LogP contribution is 2.23. The first-order chi connectivity index (χ1) is 5.18. The van der Waals surface area contributed by atoms with Crippen molar-refractivity contribution in [2.75, 3.05) is 0 Å². The van der Waals surface area contributed by atoms with Crippen LogP contribution in [0.2, 0.25) is 0 Å². The summed E-state index contributed by atoms with van der Waals surface area (Å²) in [5.74, 6) is 0.100. The molecule has 0 unspecified atom stereocenters. The SMILES string of the molecule is CC(=O)NC1CCC(Br)CC1. The molecule has 1 saturated carbocycles. The van der Waals surface area contributed by atoms with Crippen LogP contribution in [0.25, 0.3) is 0 Å². The van der Waals surface area contributed by atoms with Crippen LogP contribution in [0, 0.1) is 0 Å². The van der Waals surface area contributed by atoms with Crippen LogP contribution in [0.1, 0.15) is 32.6 Å². The molecular weight excluding hydrogens is 206 g/mol. The Morgan fingerprint density at radius 3 is 2.36 bits per heavy atom. The molecule has 0 spiro atoms. The van der Waals surface area contributed by atoms with Crippen molar-refractivity contribution in [3.8, 4) is 0 Å². The number of carbonyl (C=O) groups is 1. The average molecular weight is 220 g/mol. The lowest BCUT2D eigenvalue weighted by atomic mass is 9.95. The standard InChI is InChI=1S/C8H14BrNO/c1-6(11)10-8-4-2-7(9)3-5-8/h7-8H,2-5H2,1H3,(H,10,11). The van der Waals surface area contributed by atoms with Crippen molar-refractivity contribution in [2.24, 2.45) is 0 Å². The molecule has 64 valence electrons. The molecule has 1 aliphatic rings. The third-order valence-electron chi connectivity index (χ3n) is 2.06. The molecule has 11 heavy (non-hydrogen) atoms. The Morgan fingerprint density at radius 1 is 1.36 bits per heavy atom. The smallest absolute Gasteiger partial charge is 0.217 e. The second-order valence-electron chi connectivity index (χ2n) is 3.15. The van der Waals surface area contributed by atoms with Gasteiger partial charge in [0.15, 0.2) is 0 Å². The molecule has 1 amide bonds. The second-order valence-corrected chi connectivity index (χ2v) is 4.44. The molecule has 1 fully saturated rings. The Labute approximate surface area is 75.9 Å². The Morgan fingerprint density at radius 2 is 1.91 bits per heavy atom. The highest BCUT2D eigenvalue weighted by atomic mass is 79.9. The molecular formula is C8H14BrNO. The first-order valence-electron chi connectivity index (χ1n) is 4.09. The summed E-state index contributed by atoms with van der Waals surface area (Å²) in [6.45, 7) is 1.58. The number of halogens is 1. The van der Waals surface area contributed by atoms with Crippen LogP contribution in [0.5, 0.6) is 0 Å². The summed E-state index contributed by atoms with van der Waals surface area (Å²) >= 11 is 3.57. The minimum atomic E-state index is 0.100. The second kappa shape index (κ2) is 4.10. The number of rotatable bonds is 1. The maximum atomic E-state index is 10.7. The number of hydrogen-bond acceptors (Lipinski definition) is 1. The summed E-state index contributed by atoms with van der Waals surface area (Å²) in [5.41, 5.74) is 0. The first kappa shape index (κ1) is 9.04. The summed E-state index contributed by atoms with van der Waals surface area (Å²) in [4.78, 5) is 11.3. The fraction of sp³-hybridized carbons (Fsp3) is 0.875. The van der Waals surface area contributed by atoms with Gasteiger partial charge in [-0.05, 0) is 25.7 Å². The van der Waals surface area contributed by atoms with Gasteiger partial charge >= 0.3 is 0 Å². The average Bonchev–Trinajstić information content (AvgIpc) is 1.93. The van der Waals surface area contributed by atoms with Gasteiger partial charge in [0.25, 0.3) is 0 Å². The predicted octanol–water partition coefficient (Wildman–Crippen LogP) is 1.83. The van der Waals surface area contributed by atoms with E-state index in [9.17, 15) is 4.79 Å². The van der Waals surface area contributed by atoms with Gasteiger partial charge in [-0.1, -0.05) is 15.9 Å². The molecule has 0 saturated heterocycles. The van der Waals surface area contributed by atoms with E-state index in [1.54, 1.807) is 6.92 Å². The van der Waals surface area contributed by atoms with Gasteiger partial charge in [-0.3, -0.25) is 4.79 Å². The summed E-state index contributed by atoms with van der Waals surface area (Å²) in [7, 11) is 0. The van der Waals surface area contributed by atoms with E-state index in [1.165, 1.54) is 12.8 Å². The summed E-state index contributed by atoms with van der Waals surface area (Å²) in [5, 5.41) is 2.94. The zero-order valence-corrected chi connectivity index (χ0v) is 8.36. The number of carbonyl (C=O) groups excluding carboxylic acids is 1. The summed E-state index contributed by atoms with van der Waals surface area (Å²) in [6.07, 6.45) is 4.61. The van der Waals surface area contributed by atoms with E-state index >= 15 is 0 Å². The largest absolute Gasteiger partial charge is 0.354 e. The van der Waals surface area contributed by atoms with Crippen LogP contribution in [-0.2, 0) is 4.79 Å². The minimum Gasteiger partial charge on any atom is -0.354 e. The van der Waals surface area contributed by atoms with Gasteiger partial charge in [0.1, 0.15) is 0 Å². The molecule has 0 aliphatic heterocycles. The van der Waals surface area contributed by atoms with Crippen LogP contribution >= 0.6 is 15.9 Å². The quantitative estimate of drug-likeness (QED) is 0.671. The van der Waals surface area contributed by atoms with Gasteiger partial charge < -0.3 is 5.32 Å². The normalized spacial score (nSPS) is 31.5. The van der Waals surface area contributed by atoms with Crippen molar-refractivity contribution in [2.45, 2.75) is 43.5 Å². The van der Waals surface area contributed by atoms with Gasteiger partial charge in [0.05, 0.1) is 0 Å². The molecule has 0 aromatic heterocycles. The summed E-state index contributed by atoms with van der Waals surface area (Å²) < 4.78 is 0. The molecule has 0 bridgehead atoms. The van der Waals surface area contributed by atoms with E-state index < -0.39 is 0 Å². The van der Waals surface area contributed by atoms with E-state index in [0.29, 0.717) is 10.9 Å². The van der Waals surface area contributed by atoms with E-state index in [-0.39, 0.29) is 5.91 Å². The lowest BCUT2D eigenvalue weighted by Gasteiger charge is -2.25. The van der Waals surface area contributed by atoms with E-state index in [2.05, 4.69) is 21.2 Å². The van der Waals surface area contributed by atoms with Crippen LogP contribution in [-0.4, -0.2) is 16.8 Å². The lowest BCUT2D eigenvalue weighted by Crippen LogP contribution is -2.36. The third kappa shape index (κ3) is 3.23. The maximum Gasteiger partial charge on any atom is 0.217 e. The Hall–Kier alpha value is -0.0500. The zero-order valence-electron chi connectivity index (χ0n) is 6.77. The van der Waals surface area contributed by atoms with Crippen molar-refractivity contribution in [3.05, 3.63) is 0 Å². The van der Waals surface area contributed by atoms with E-state index in [0.717, 1.165) is 12.8 Å². The van der Waals surface area contributed by atoms with E-state index in [1.807, 2.05) is 0 Å². The van der Waals surface area contributed by atoms with Gasteiger partial charge in [-0.15, -0.1) is 0 Å². The van der Waals surface area contributed by atoms with Crippen LogP contribution in [0.3, 0.4) is 0 Å². The lowest BCUT2D eigenvalue weighted by molar-refractivity contribution is -0.119. The van der Waals surface area contributed by atoms with Crippen molar-refractivity contribution < 1.29 is 4.79 Å². The number of nitrogens with one attached hydrogen (secondary N) is 1. The fourth-order valence-corrected chi connectivity index (χ4v) is 2.01. The highest BCUT2D eigenvalue weighted by Gasteiger charge is 2.18. The number of amides is 1. The third-order valence-corrected chi connectivity index (χ3v) is 2.98. The van der Waals surface area contributed by atoms with Crippen molar-refractivity contribution in [1.29, 1.82) is 0 Å². The zero-order chi connectivity index (χ0) is 8.27. The summed E-state index contributed by atoms with van der Waals surface area (Å²) in [6, 6.07) is 0.432. The monoisotopic (exact) mass is 219 g/mol. The minimum absolute atomic E-state index is 0.100. The van der Waals surface area contributed by atoms with Crippen molar-refractivity contribution >= 4 is 21.8 Å². The van der Waals surface area contributed by atoms with Crippen molar-refractivity contribution in [1.82, 2.24) is 5.32 Å². The van der Waals surface area contributed by atoms with Crippen LogP contribution < -0.4 is 5.32 Å². The number of hydrogen-bond donors (Lipinski definition) is 1. The van der Waals surface area contributed by atoms with Crippen molar-refractivity contribution in [3.63, 3.8) is 0 Å². The number of alkyl halides is 1. The van der Waals surface area contributed by atoms with Crippen LogP contribution in [0.15, 0.2) is 0 Å².